The van der Waals surface area contributed by atoms with E-state index in [1.54, 1.807) is 0 Å². The molecule has 0 saturated carbocycles. The molecular formula is C14H16BrN3. The molecule has 2 rings (SSSR count). The molecule has 0 spiro atoms. The highest BCUT2D eigenvalue weighted by Crippen LogP contribution is 2.16. The molecule has 0 aromatic carbocycles. The third-order valence-electron chi connectivity index (χ3n) is 2.70. The first-order valence-corrected chi connectivity index (χ1v) is 6.78. The van der Waals surface area contributed by atoms with Gasteiger partial charge in [-0.3, -0.25) is 4.98 Å². The Morgan fingerprint density at radius 3 is 2.56 bits per heavy atom. The van der Waals surface area contributed by atoms with Crippen molar-refractivity contribution in [3.8, 4) is 0 Å². The Kier molecular flexibility index (Phi) is 4.31. The fraction of sp³-hybridized carbons (Fsp3) is 0.286. The SMILES string of the molecule is CCN(Cc1cccc(C)n1)c1cccc(Br)n1. The smallest absolute Gasteiger partial charge is 0.130 e. The van der Waals surface area contributed by atoms with Crippen molar-refractivity contribution >= 4 is 21.7 Å². The van der Waals surface area contributed by atoms with Gasteiger partial charge >= 0.3 is 0 Å². The van der Waals surface area contributed by atoms with Gasteiger partial charge in [0.2, 0.25) is 0 Å². The number of anilines is 1. The molecule has 94 valence electrons. The number of aromatic nitrogens is 2. The van der Waals surface area contributed by atoms with Crippen LogP contribution in [0.15, 0.2) is 41.0 Å². The zero-order valence-corrected chi connectivity index (χ0v) is 12.2. The maximum atomic E-state index is 4.53. The Labute approximate surface area is 116 Å². The highest BCUT2D eigenvalue weighted by Gasteiger charge is 2.07. The summed E-state index contributed by atoms with van der Waals surface area (Å²) in [5.41, 5.74) is 2.12. The van der Waals surface area contributed by atoms with E-state index in [1.807, 2.05) is 43.3 Å². The second-order valence-electron chi connectivity index (χ2n) is 4.10. The lowest BCUT2D eigenvalue weighted by Crippen LogP contribution is -2.23. The zero-order valence-electron chi connectivity index (χ0n) is 10.6. The molecule has 0 saturated heterocycles. The first-order chi connectivity index (χ1) is 8.69. The Balaban J connectivity index is 2.19. The number of hydrogen-bond acceptors (Lipinski definition) is 3. The summed E-state index contributed by atoms with van der Waals surface area (Å²) in [5, 5.41) is 0. The van der Waals surface area contributed by atoms with Gasteiger partial charge in [-0.2, -0.15) is 0 Å². The number of aryl methyl sites for hydroxylation is 1. The summed E-state index contributed by atoms with van der Waals surface area (Å²) in [7, 11) is 0. The molecular weight excluding hydrogens is 290 g/mol. The van der Waals surface area contributed by atoms with E-state index < -0.39 is 0 Å². The standard InChI is InChI=1S/C14H16BrN3/c1-3-18(14-9-5-8-13(15)17-14)10-12-7-4-6-11(2)16-12/h4-9H,3,10H2,1-2H3. The van der Waals surface area contributed by atoms with Gasteiger partial charge in [0.05, 0.1) is 12.2 Å². The van der Waals surface area contributed by atoms with Crippen LogP contribution in [0.2, 0.25) is 0 Å². The molecule has 2 aromatic heterocycles. The number of pyridine rings is 2. The summed E-state index contributed by atoms with van der Waals surface area (Å²) >= 11 is 3.40. The first kappa shape index (κ1) is 13.0. The molecule has 3 nitrogen and oxygen atoms in total. The molecule has 0 unspecified atom stereocenters. The van der Waals surface area contributed by atoms with Crippen LogP contribution in [-0.2, 0) is 6.54 Å². The zero-order chi connectivity index (χ0) is 13.0. The lowest BCUT2D eigenvalue weighted by Gasteiger charge is -2.21. The lowest BCUT2D eigenvalue weighted by atomic mass is 10.3. The molecule has 0 amide bonds. The minimum atomic E-state index is 0.779. The van der Waals surface area contributed by atoms with Gasteiger partial charge in [-0.1, -0.05) is 12.1 Å². The maximum Gasteiger partial charge on any atom is 0.130 e. The second kappa shape index (κ2) is 5.96. The fourth-order valence-corrected chi connectivity index (χ4v) is 2.15. The van der Waals surface area contributed by atoms with Gasteiger partial charge in [0.1, 0.15) is 10.4 Å². The van der Waals surface area contributed by atoms with Crippen LogP contribution >= 0.6 is 15.9 Å². The van der Waals surface area contributed by atoms with Crippen molar-refractivity contribution in [2.24, 2.45) is 0 Å². The van der Waals surface area contributed by atoms with Crippen LogP contribution in [-0.4, -0.2) is 16.5 Å². The van der Waals surface area contributed by atoms with Crippen molar-refractivity contribution < 1.29 is 0 Å². The van der Waals surface area contributed by atoms with E-state index in [4.69, 9.17) is 0 Å². The van der Waals surface area contributed by atoms with Crippen molar-refractivity contribution in [2.75, 3.05) is 11.4 Å². The molecule has 0 aliphatic rings. The minimum Gasteiger partial charge on any atom is -0.351 e. The van der Waals surface area contributed by atoms with Crippen LogP contribution < -0.4 is 4.90 Å². The predicted octanol–water partition coefficient (Wildman–Crippen LogP) is 3.57. The third kappa shape index (κ3) is 3.29. The second-order valence-corrected chi connectivity index (χ2v) is 4.92. The average molecular weight is 306 g/mol. The van der Waals surface area contributed by atoms with E-state index in [9.17, 15) is 0 Å². The summed E-state index contributed by atoms with van der Waals surface area (Å²) in [4.78, 5) is 11.2. The molecule has 0 aliphatic heterocycles. The van der Waals surface area contributed by atoms with Crippen molar-refractivity contribution in [3.63, 3.8) is 0 Å². The quantitative estimate of drug-likeness (QED) is 0.809. The number of hydrogen-bond donors (Lipinski definition) is 0. The van der Waals surface area contributed by atoms with Crippen LogP contribution in [0.4, 0.5) is 5.82 Å². The lowest BCUT2D eigenvalue weighted by molar-refractivity contribution is 0.789. The Hall–Kier alpha value is -1.42. The normalized spacial score (nSPS) is 10.4. The summed E-state index contributed by atoms with van der Waals surface area (Å²) in [6.45, 7) is 5.82. The van der Waals surface area contributed by atoms with Gasteiger partial charge in [0.15, 0.2) is 0 Å². The van der Waals surface area contributed by atoms with Gasteiger partial charge in [-0.05, 0) is 54.0 Å². The summed E-state index contributed by atoms with van der Waals surface area (Å²) in [6.07, 6.45) is 0. The molecule has 2 heterocycles. The maximum absolute atomic E-state index is 4.53. The van der Waals surface area contributed by atoms with Crippen molar-refractivity contribution in [1.82, 2.24) is 9.97 Å². The van der Waals surface area contributed by atoms with E-state index in [1.165, 1.54) is 0 Å². The topological polar surface area (TPSA) is 29.0 Å². The van der Waals surface area contributed by atoms with Gasteiger partial charge in [-0.25, -0.2) is 4.98 Å². The van der Waals surface area contributed by atoms with Gasteiger partial charge in [0.25, 0.3) is 0 Å². The molecule has 0 fully saturated rings. The van der Waals surface area contributed by atoms with E-state index in [2.05, 4.69) is 37.7 Å². The summed E-state index contributed by atoms with van der Waals surface area (Å²) in [6, 6.07) is 12.1. The van der Waals surface area contributed by atoms with Gasteiger partial charge in [0, 0.05) is 12.2 Å². The van der Waals surface area contributed by atoms with Crippen molar-refractivity contribution in [1.29, 1.82) is 0 Å². The van der Waals surface area contributed by atoms with Crippen LogP contribution in [0.5, 0.6) is 0 Å². The Bertz CT molecular complexity index is 528. The summed E-state index contributed by atoms with van der Waals surface area (Å²) in [5.74, 6) is 0.968. The van der Waals surface area contributed by atoms with E-state index in [0.29, 0.717) is 0 Å². The largest absolute Gasteiger partial charge is 0.351 e. The van der Waals surface area contributed by atoms with Crippen LogP contribution in [0, 0.1) is 6.92 Å². The molecule has 0 bridgehead atoms. The predicted molar refractivity (Wildman–Crippen MR) is 77.6 cm³/mol. The third-order valence-corrected chi connectivity index (χ3v) is 3.15. The molecule has 0 atom stereocenters. The van der Waals surface area contributed by atoms with E-state index >= 15 is 0 Å². The highest BCUT2D eigenvalue weighted by atomic mass is 79.9. The van der Waals surface area contributed by atoms with Gasteiger partial charge in [-0.15, -0.1) is 0 Å². The van der Waals surface area contributed by atoms with Crippen LogP contribution in [0.1, 0.15) is 18.3 Å². The average Bonchev–Trinajstić information content (AvgIpc) is 2.36. The molecule has 0 radical (unpaired) electrons. The van der Waals surface area contributed by atoms with E-state index in [0.717, 1.165) is 34.9 Å². The first-order valence-electron chi connectivity index (χ1n) is 5.99. The van der Waals surface area contributed by atoms with Gasteiger partial charge < -0.3 is 4.90 Å². The monoisotopic (exact) mass is 305 g/mol. The van der Waals surface area contributed by atoms with Crippen LogP contribution in [0.3, 0.4) is 0 Å². The fourth-order valence-electron chi connectivity index (χ4n) is 1.81. The minimum absolute atomic E-state index is 0.779. The summed E-state index contributed by atoms with van der Waals surface area (Å²) < 4.78 is 0.857. The van der Waals surface area contributed by atoms with Crippen molar-refractivity contribution in [3.05, 3.63) is 52.4 Å². The molecule has 4 heteroatoms. The number of rotatable bonds is 4. The Morgan fingerprint density at radius 2 is 1.89 bits per heavy atom. The van der Waals surface area contributed by atoms with Crippen molar-refractivity contribution in [2.45, 2.75) is 20.4 Å². The van der Waals surface area contributed by atoms with Crippen LogP contribution in [0.25, 0.3) is 0 Å². The molecule has 18 heavy (non-hydrogen) atoms. The number of halogens is 1. The highest BCUT2D eigenvalue weighted by molar-refractivity contribution is 9.10. The Morgan fingerprint density at radius 1 is 1.11 bits per heavy atom. The molecule has 2 aromatic rings. The molecule has 0 N–H and O–H groups in total. The molecule has 0 aliphatic carbocycles. The van der Waals surface area contributed by atoms with E-state index in [-0.39, 0.29) is 0 Å². The number of nitrogens with zero attached hydrogens (tertiary/aromatic N) is 3.